The average Bonchev–Trinajstić information content (AvgIpc) is 2.25. The van der Waals surface area contributed by atoms with Crippen molar-refractivity contribution in [3.8, 4) is 0 Å². The summed E-state index contributed by atoms with van der Waals surface area (Å²) in [6, 6.07) is 4.57. The van der Waals surface area contributed by atoms with Crippen LogP contribution in [-0.4, -0.2) is 26.6 Å². The molecule has 0 radical (unpaired) electrons. The molecule has 0 aliphatic heterocycles. The first-order valence-corrected chi connectivity index (χ1v) is 7.96. The number of anilines is 1. The number of carbonyl (C=O) groups excluding carboxylic acids is 1. The van der Waals surface area contributed by atoms with Crippen LogP contribution >= 0.6 is 23.2 Å². The van der Waals surface area contributed by atoms with Gasteiger partial charge in [0.15, 0.2) is 0 Å². The summed E-state index contributed by atoms with van der Waals surface area (Å²) in [6.45, 7) is 1.42. The van der Waals surface area contributed by atoms with Gasteiger partial charge in [-0.2, -0.15) is 0 Å². The van der Waals surface area contributed by atoms with Crippen LogP contribution < -0.4 is 10.0 Å². The minimum atomic E-state index is -3.40. The molecule has 19 heavy (non-hydrogen) atoms. The molecule has 106 valence electrons. The standard InChI is InChI=1S/C11H14Cl2N2O3S/c1-2-3-19(17,18)14-7-11(16)15-10-5-8(12)4-9(13)6-10/h4-6,14H,2-3,7H2,1H3,(H,15,16). The number of amides is 1. The highest BCUT2D eigenvalue weighted by Gasteiger charge is 2.11. The van der Waals surface area contributed by atoms with E-state index in [1.165, 1.54) is 18.2 Å². The predicted molar refractivity (Wildman–Crippen MR) is 77.2 cm³/mol. The molecule has 0 aliphatic rings. The van der Waals surface area contributed by atoms with Gasteiger partial charge in [-0.3, -0.25) is 4.79 Å². The molecule has 0 heterocycles. The van der Waals surface area contributed by atoms with Crippen LogP contribution in [0.2, 0.25) is 10.0 Å². The summed E-state index contributed by atoms with van der Waals surface area (Å²) < 4.78 is 24.9. The van der Waals surface area contributed by atoms with Crippen molar-refractivity contribution in [3.63, 3.8) is 0 Å². The van der Waals surface area contributed by atoms with Gasteiger partial charge in [-0.15, -0.1) is 0 Å². The summed E-state index contributed by atoms with van der Waals surface area (Å²) in [5.74, 6) is -0.499. The van der Waals surface area contributed by atoms with Crippen LogP contribution in [0.4, 0.5) is 5.69 Å². The maximum atomic E-state index is 11.6. The van der Waals surface area contributed by atoms with Crippen molar-refractivity contribution in [3.05, 3.63) is 28.2 Å². The normalized spacial score (nSPS) is 11.3. The lowest BCUT2D eigenvalue weighted by molar-refractivity contribution is -0.115. The van der Waals surface area contributed by atoms with Gasteiger partial charge in [0.1, 0.15) is 0 Å². The van der Waals surface area contributed by atoms with E-state index in [4.69, 9.17) is 23.2 Å². The Hall–Kier alpha value is -0.820. The smallest absolute Gasteiger partial charge is 0.239 e. The SMILES string of the molecule is CCCS(=O)(=O)NCC(=O)Nc1cc(Cl)cc(Cl)c1. The molecule has 0 spiro atoms. The first kappa shape index (κ1) is 16.2. The van der Waals surface area contributed by atoms with Gasteiger partial charge in [0.2, 0.25) is 15.9 Å². The highest BCUT2D eigenvalue weighted by Crippen LogP contribution is 2.22. The molecular formula is C11H14Cl2N2O3S. The Balaban J connectivity index is 2.56. The largest absolute Gasteiger partial charge is 0.325 e. The predicted octanol–water partition coefficient (Wildman–Crippen LogP) is 2.26. The molecule has 0 saturated heterocycles. The molecule has 2 N–H and O–H groups in total. The molecule has 0 bridgehead atoms. The Kier molecular flexibility index (Phi) is 6.06. The van der Waals surface area contributed by atoms with Gasteiger partial charge in [0, 0.05) is 15.7 Å². The molecular weight excluding hydrogens is 311 g/mol. The lowest BCUT2D eigenvalue weighted by atomic mass is 10.3. The van der Waals surface area contributed by atoms with E-state index in [9.17, 15) is 13.2 Å². The summed E-state index contributed by atoms with van der Waals surface area (Å²) in [5, 5.41) is 3.27. The zero-order chi connectivity index (χ0) is 14.5. The van der Waals surface area contributed by atoms with Crippen molar-refractivity contribution in [2.24, 2.45) is 0 Å². The number of nitrogens with one attached hydrogen (secondary N) is 2. The second kappa shape index (κ2) is 7.09. The van der Waals surface area contributed by atoms with Gasteiger partial charge in [0.25, 0.3) is 0 Å². The van der Waals surface area contributed by atoms with Crippen molar-refractivity contribution in [2.75, 3.05) is 17.6 Å². The Morgan fingerprint density at radius 2 is 1.79 bits per heavy atom. The molecule has 0 fully saturated rings. The third kappa shape index (κ3) is 6.24. The van der Waals surface area contributed by atoms with Gasteiger partial charge in [-0.25, -0.2) is 13.1 Å². The Labute approximate surface area is 122 Å². The molecule has 0 saturated carbocycles. The van der Waals surface area contributed by atoms with Gasteiger partial charge >= 0.3 is 0 Å². The van der Waals surface area contributed by atoms with Gasteiger partial charge < -0.3 is 5.32 Å². The Morgan fingerprint density at radius 1 is 1.21 bits per heavy atom. The van der Waals surface area contributed by atoms with Crippen LogP contribution in [0, 0.1) is 0 Å². The minimum absolute atomic E-state index is 0.0106. The Bertz CT molecular complexity index is 541. The average molecular weight is 325 g/mol. The number of benzene rings is 1. The second-order valence-electron chi connectivity index (χ2n) is 3.85. The number of sulfonamides is 1. The highest BCUT2D eigenvalue weighted by atomic mass is 35.5. The first-order valence-electron chi connectivity index (χ1n) is 5.55. The topological polar surface area (TPSA) is 75.3 Å². The molecule has 0 aromatic heterocycles. The van der Waals surface area contributed by atoms with Crippen LogP contribution in [-0.2, 0) is 14.8 Å². The quantitative estimate of drug-likeness (QED) is 0.842. The summed E-state index contributed by atoms with van der Waals surface area (Å²) in [7, 11) is -3.40. The molecule has 8 heteroatoms. The third-order valence-electron chi connectivity index (χ3n) is 2.07. The fourth-order valence-electron chi connectivity index (χ4n) is 1.35. The molecule has 0 atom stereocenters. The number of halogens is 2. The van der Waals surface area contributed by atoms with E-state index in [1.807, 2.05) is 0 Å². The zero-order valence-corrected chi connectivity index (χ0v) is 12.6. The lowest BCUT2D eigenvalue weighted by Crippen LogP contribution is -2.34. The van der Waals surface area contributed by atoms with Crippen molar-refractivity contribution in [1.29, 1.82) is 0 Å². The van der Waals surface area contributed by atoms with Crippen LogP contribution in [0.25, 0.3) is 0 Å². The molecule has 0 aliphatic carbocycles. The maximum Gasteiger partial charge on any atom is 0.239 e. The van der Waals surface area contributed by atoms with Gasteiger partial charge in [-0.05, 0) is 24.6 Å². The molecule has 1 rings (SSSR count). The third-order valence-corrected chi connectivity index (χ3v) is 4.04. The summed E-state index contributed by atoms with van der Waals surface area (Å²) in [5.41, 5.74) is 0.414. The molecule has 5 nitrogen and oxygen atoms in total. The van der Waals surface area contributed by atoms with E-state index in [-0.39, 0.29) is 12.3 Å². The molecule has 1 amide bonds. The van der Waals surface area contributed by atoms with Crippen LogP contribution in [0.3, 0.4) is 0 Å². The monoisotopic (exact) mass is 324 g/mol. The molecule has 1 aromatic carbocycles. The summed E-state index contributed by atoms with van der Waals surface area (Å²) in [6.07, 6.45) is 0.487. The van der Waals surface area contributed by atoms with Crippen molar-refractivity contribution in [1.82, 2.24) is 4.72 Å². The number of hydrogen-bond acceptors (Lipinski definition) is 3. The second-order valence-corrected chi connectivity index (χ2v) is 6.65. The number of carbonyl (C=O) groups is 1. The summed E-state index contributed by atoms with van der Waals surface area (Å²) in [4.78, 5) is 11.6. The lowest BCUT2D eigenvalue weighted by Gasteiger charge is -2.08. The fourth-order valence-corrected chi connectivity index (χ4v) is 2.91. The first-order chi connectivity index (χ1) is 8.82. The van der Waals surface area contributed by atoms with E-state index in [1.54, 1.807) is 6.92 Å². The van der Waals surface area contributed by atoms with Crippen LogP contribution in [0.1, 0.15) is 13.3 Å². The number of hydrogen-bond donors (Lipinski definition) is 2. The Morgan fingerprint density at radius 3 is 2.32 bits per heavy atom. The van der Waals surface area contributed by atoms with Crippen molar-refractivity contribution >= 4 is 44.8 Å². The summed E-state index contributed by atoms with van der Waals surface area (Å²) >= 11 is 11.6. The highest BCUT2D eigenvalue weighted by molar-refractivity contribution is 7.89. The minimum Gasteiger partial charge on any atom is -0.325 e. The van der Waals surface area contributed by atoms with E-state index in [0.29, 0.717) is 22.2 Å². The van der Waals surface area contributed by atoms with E-state index in [0.717, 1.165) is 0 Å². The van der Waals surface area contributed by atoms with Crippen molar-refractivity contribution < 1.29 is 13.2 Å². The number of rotatable bonds is 6. The van der Waals surface area contributed by atoms with Crippen molar-refractivity contribution in [2.45, 2.75) is 13.3 Å². The van der Waals surface area contributed by atoms with Crippen LogP contribution in [0.15, 0.2) is 18.2 Å². The molecule has 0 unspecified atom stereocenters. The van der Waals surface area contributed by atoms with E-state index >= 15 is 0 Å². The van der Waals surface area contributed by atoms with E-state index in [2.05, 4.69) is 10.0 Å². The van der Waals surface area contributed by atoms with E-state index < -0.39 is 15.9 Å². The van der Waals surface area contributed by atoms with Gasteiger partial charge in [-0.1, -0.05) is 30.1 Å². The maximum absolute atomic E-state index is 11.6. The van der Waals surface area contributed by atoms with Gasteiger partial charge in [0.05, 0.1) is 12.3 Å². The zero-order valence-electron chi connectivity index (χ0n) is 10.2. The van der Waals surface area contributed by atoms with Crippen LogP contribution in [0.5, 0.6) is 0 Å². The fraction of sp³-hybridized carbons (Fsp3) is 0.364. The molecule has 1 aromatic rings.